The van der Waals surface area contributed by atoms with Crippen LogP contribution in [0.3, 0.4) is 0 Å². The third kappa shape index (κ3) is 1.79. The molecule has 1 unspecified atom stereocenters. The highest BCUT2D eigenvalue weighted by atomic mass is 32.1. The summed E-state index contributed by atoms with van der Waals surface area (Å²) in [7, 11) is 0. The van der Waals surface area contributed by atoms with Crippen LogP contribution in [0, 0.1) is 0 Å². The smallest absolute Gasteiger partial charge is 0.226 e. The van der Waals surface area contributed by atoms with Gasteiger partial charge < -0.3 is 14.6 Å². The lowest BCUT2D eigenvalue weighted by molar-refractivity contribution is 0.182. The molecule has 0 fully saturated rings. The maximum atomic E-state index is 11.1. The van der Waals surface area contributed by atoms with Crippen molar-refractivity contribution in [3.8, 4) is 5.75 Å². The Morgan fingerprint density at radius 2 is 2.20 bits per heavy atom. The molecule has 0 aliphatic heterocycles. The first kappa shape index (κ1) is 9.95. The number of aliphatic hydroxyl groups is 1. The summed E-state index contributed by atoms with van der Waals surface area (Å²) in [4.78, 5) is 11.7. The zero-order chi connectivity index (χ0) is 10.8. The van der Waals surface area contributed by atoms with Crippen molar-refractivity contribution in [1.29, 1.82) is 0 Å². The number of aliphatic hydroxyl groups excluding tert-OH is 1. The molecular weight excluding hydrogens is 216 g/mol. The average molecular weight is 224 g/mol. The molecular formula is C10H8O4S. The van der Waals surface area contributed by atoms with Crippen LogP contribution in [0.1, 0.15) is 16.7 Å². The molecule has 4 nitrogen and oxygen atoms in total. The van der Waals surface area contributed by atoms with Crippen molar-refractivity contribution in [2.75, 3.05) is 0 Å². The second kappa shape index (κ2) is 3.88. The maximum Gasteiger partial charge on any atom is 0.226 e. The van der Waals surface area contributed by atoms with E-state index in [1.165, 1.54) is 11.3 Å². The van der Waals surface area contributed by atoms with Crippen LogP contribution in [0.25, 0.3) is 0 Å². The molecule has 0 radical (unpaired) electrons. The van der Waals surface area contributed by atoms with E-state index in [9.17, 15) is 15.0 Å². The molecule has 2 heterocycles. The Kier molecular flexibility index (Phi) is 2.57. The molecule has 2 aromatic rings. The lowest BCUT2D eigenvalue weighted by atomic mass is 10.2. The first-order valence-electron chi connectivity index (χ1n) is 4.22. The summed E-state index contributed by atoms with van der Waals surface area (Å²) in [6.07, 6.45) is 0.0488. The van der Waals surface area contributed by atoms with Crippen molar-refractivity contribution in [2.45, 2.75) is 6.10 Å². The molecule has 15 heavy (non-hydrogen) atoms. The Morgan fingerprint density at radius 3 is 2.87 bits per heavy atom. The van der Waals surface area contributed by atoms with Gasteiger partial charge in [0.2, 0.25) is 11.2 Å². The summed E-state index contributed by atoms with van der Waals surface area (Å²) >= 11 is 1.32. The zero-order valence-corrected chi connectivity index (χ0v) is 8.40. The van der Waals surface area contributed by atoms with Crippen molar-refractivity contribution < 1.29 is 14.6 Å². The van der Waals surface area contributed by atoms with Gasteiger partial charge in [0.1, 0.15) is 6.10 Å². The van der Waals surface area contributed by atoms with Gasteiger partial charge in [0.25, 0.3) is 0 Å². The highest BCUT2D eigenvalue weighted by molar-refractivity contribution is 7.10. The summed E-state index contributed by atoms with van der Waals surface area (Å²) in [6.45, 7) is 0. The second-order valence-electron chi connectivity index (χ2n) is 2.92. The molecule has 78 valence electrons. The molecule has 0 aliphatic carbocycles. The Morgan fingerprint density at radius 1 is 1.40 bits per heavy atom. The molecule has 2 N–H and O–H groups in total. The Balaban J connectivity index is 2.47. The van der Waals surface area contributed by atoms with Crippen molar-refractivity contribution in [2.24, 2.45) is 0 Å². The fourth-order valence-corrected chi connectivity index (χ4v) is 1.90. The van der Waals surface area contributed by atoms with Gasteiger partial charge in [-0.2, -0.15) is 0 Å². The molecule has 2 rings (SSSR count). The average Bonchev–Trinajstić information content (AvgIpc) is 2.74. The lowest BCUT2D eigenvalue weighted by Gasteiger charge is -2.07. The van der Waals surface area contributed by atoms with Crippen molar-refractivity contribution in [1.82, 2.24) is 0 Å². The maximum absolute atomic E-state index is 11.1. The minimum absolute atomic E-state index is 0.120. The molecule has 0 bridgehead atoms. The highest BCUT2D eigenvalue weighted by Crippen LogP contribution is 2.29. The topological polar surface area (TPSA) is 70.7 Å². The zero-order valence-electron chi connectivity index (χ0n) is 7.58. The van der Waals surface area contributed by atoms with Crippen LogP contribution in [0.15, 0.2) is 39.1 Å². The molecule has 0 spiro atoms. The predicted octanol–water partition coefficient (Wildman–Crippen LogP) is 1.49. The van der Waals surface area contributed by atoms with Gasteiger partial charge in [-0.3, -0.25) is 4.79 Å². The molecule has 0 saturated heterocycles. The minimum atomic E-state index is -1.10. The SMILES string of the molecule is O=c1ccoc(C(O)c2cccs2)c1O. The fourth-order valence-electron chi connectivity index (χ4n) is 1.20. The van der Waals surface area contributed by atoms with Gasteiger partial charge >= 0.3 is 0 Å². The van der Waals surface area contributed by atoms with Crippen molar-refractivity contribution in [3.63, 3.8) is 0 Å². The summed E-state index contributed by atoms with van der Waals surface area (Å²) in [5, 5.41) is 21.0. The van der Waals surface area contributed by atoms with Crippen LogP contribution in [0.2, 0.25) is 0 Å². The lowest BCUT2D eigenvalue weighted by Crippen LogP contribution is -2.05. The fraction of sp³-hybridized carbons (Fsp3) is 0.100. The van der Waals surface area contributed by atoms with Gasteiger partial charge in [-0.1, -0.05) is 6.07 Å². The third-order valence-electron chi connectivity index (χ3n) is 1.94. The second-order valence-corrected chi connectivity index (χ2v) is 3.89. The first-order chi connectivity index (χ1) is 7.20. The van der Waals surface area contributed by atoms with E-state index in [0.717, 1.165) is 12.3 Å². The standard InChI is InChI=1S/C10H8O4S/c11-6-3-4-14-10(8(6)12)9(13)7-2-1-5-15-7/h1-5,9,12-13H. The van der Waals surface area contributed by atoms with E-state index in [-0.39, 0.29) is 5.76 Å². The van der Waals surface area contributed by atoms with E-state index >= 15 is 0 Å². The minimum Gasteiger partial charge on any atom is -0.502 e. The van der Waals surface area contributed by atoms with E-state index in [1.54, 1.807) is 17.5 Å². The predicted molar refractivity (Wildman–Crippen MR) is 55.0 cm³/mol. The molecule has 0 aliphatic rings. The number of hydrogen-bond donors (Lipinski definition) is 2. The van der Waals surface area contributed by atoms with Gasteiger partial charge in [-0.25, -0.2) is 0 Å². The van der Waals surface area contributed by atoms with Crippen LogP contribution in [-0.2, 0) is 0 Å². The summed E-state index contributed by atoms with van der Waals surface area (Å²) in [5.74, 6) is -0.664. The molecule has 5 heteroatoms. The number of thiophene rings is 1. The summed E-state index contributed by atoms with van der Waals surface area (Å²) in [6, 6.07) is 4.56. The number of aromatic hydroxyl groups is 1. The highest BCUT2D eigenvalue weighted by Gasteiger charge is 2.19. The third-order valence-corrected chi connectivity index (χ3v) is 2.87. The molecule has 1 atom stereocenters. The van der Waals surface area contributed by atoms with Crippen LogP contribution >= 0.6 is 11.3 Å². The van der Waals surface area contributed by atoms with Gasteiger partial charge in [0.05, 0.1) is 6.26 Å². The number of rotatable bonds is 2. The van der Waals surface area contributed by atoms with E-state index < -0.39 is 17.3 Å². The van der Waals surface area contributed by atoms with Gasteiger partial charge in [0, 0.05) is 10.9 Å². The quantitative estimate of drug-likeness (QED) is 0.810. The van der Waals surface area contributed by atoms with Crippen LogP contribution in [0.4, 0.5) is 0 Å². The molecule has 0 saturated carbocycles. The Labute approximate surface area is 89.0 Å². The Hall–Kier alpha value is -1.59. The summed E-state index contributed by atoms with van der Waals surface area (Å²) < 4.78 is 4.93. The van der Waals surface area contributed by atoms with Crippen molar-refractivity contribution >= 4 is 11.3 Å². The van der Waals surface area contributed by atoms with E-state index in [4.69, 9.17) is 4.42 Å². The van der Waals surface area contributed by atoms with E-state index in [2.05, 4.69) is 0 Å². The van der Waals surface area contributed by atoms with Crippen LogP contribution < -0.4 is 5.43 Å². The molecule has 2 aromatic heterocycles. The number of hydrogen-bond acceptors (Lipinski definition) is 5. The summed E-state index contributed by atoms with van der Waals surface area (Å²) in [5.41, 5.74) is -0.563. The van der Waals surface area contributed by atoms with Gasteiger partial charge in [-0.05, 0) is 11.4 Å². The van der Waals surface area contributed by atoms with Gasteiger partial charge in [-0.15, -0.1) is 11.3 Å². The van der Waals surface area contributed by atoms with Crippen LogP contribution in [0.5, 0.6) is 5.75 Å². The first-order valence-corrected chi connectivity index (χ1v) is 5.10. The monoisotopic (exact) mass is 224 g/mol. The molecule has 0 aromatic carbocycles. The Bertz CT molecular complexity index is 500. The van der Waals surface area contributed by atoms with Gasteiger partial charge in [0.15, 0.2) is 5.76 Å². The molecule has 0 amide bonds. The van der Waals surface area contributed by atoms with Crippen LogP contribution in [-0.4, -0.2) is 10.2 Å². The normalized spacial score (nSPS) is 12.6. The van der Waals surface area contributed by atoms with E-state index in [1.807, 2.05) is 0 Å². The van der Waals surface area contributed by atoms with Crippen molar-refractivity contribution in [3.05, 3.63) is 50.7 Å². The van der Waals surface area contributed by atoms with E-state index in [0.29, 0.717) is 4.88 Å². The largest absolute Gasteiger partial charge is 0.502 e.